The summed E-state index contributed by atoms with van der Waals surface area (Å²) >= 11 is 0. The fourth-order valence-corrected chi connectivity index (χ4v) is 3.22. The second kappa shape index (κ2) is 7.55. The van der Waals surface area contributed by atoms with E-state index in [0.717, 1.165) is 12.8 Å². The molecule has 1 aromatic carbocycles. The minimum Gasteiger partial charge on any atom is -0.461 e. The maximum atomic E-state index is 12.6. The summed E-state index contributed by atoms with van der Waals surface area (Å²) in [5.74, 6) is -0.135. The van der Waals surface area contributed by atoms with Crippen molar-refractivity contribution in [3.63, 3.8) is 0 Å². The van der Waals surface area contributed by atoms with Gasteiger partial charge in [0, 0.05) is 18.1 Å². The van der Waals surface area contributed by atoms with Gasteiger partial charge in [0.25, 0.3) is 5.69 Å². The number of rotatable bonds is 5. The van der Waals surface area contributed by atoms with E-state index in [9.17, 15) is 19.7 Å². The number of esters is 1. The number of hydrogen-bond acceptors (Lipinski definition) is 5. The van der Waals surface area contributed by atoms with Crippen molar-refractivity contribution in [2.45, 2.75) is 33.6 Å². The number of non-ortho nitro benzene ring substituents is 1. The summed E-state index contributed by atoms with van der Waals surface area (Å²) in [6.45, 7) is 6.16. The Bertz CT molecular complexity index is 623. The van der Waals surface area contributed by atoms with E-state index in [2.05, 4.69) is 0 Å². The van der Waals surface area contributed by atoms with E-state index in [1.807, 2.05) is 20.8 Å². The zero-order chi connectivity index (χ0) is 17.9. The minimum atomic E-state index is -0.559. The topological polar surface area (TPSA) is 86.5 Å². The average Bonchev–Trinajstić information content (AvgIpc) is 2.54. The van der Waals surface area contributed by atoms with Crippen LogP contribution in [-0.2, 0) is 9.53 Å². The first-order valence-corrected chi connectivity index (χ1v) is 8.26. The highest BCUT2D eigenvalue weighted by Gasteiger charge is 2.37. The molecule has 0 saturated heterocycles. The molecule has 1 fully saturated rings. The summed E-state index contributed by atoms with van der Waals surface area (Å²) in [5, 5.41) is 10.6. The second-order valence-electron chi connectivity index (χ2n) is 6.82. The molecule has 130 valence electrons. The number of nitrogens with zero attached hydrogens (tertiary/aromatic N) is 1. The van der Waals surface area contributed by atoms with Gasteiger partial charge in [0.1, 0.15) is 12.4 Å². The lowest BCUT2D eigenvalue weighted by molar-refractivity contribution is -0.384. The third kappa shape index (κ3) is 3.99. The first-order chi connectivity index (χ1) is 11.3. The van der Waals surface area contributed by atoms with Gasteiger partial charge in [-0.15, -0.1) is 0 Å². The molecule has 0 aromatic heterocycles. The van der Waals surface area contributed by atoms with Crippen LogP contribution in [0.25, 0.3) is 0 Å². The third-order valence-corrected chi connectivity index (χ3v) is 4.86. The monoisotopic (exact) mass is 333 g/mol. The number of carbonyl (C=O) groups is 2. The van der Waals surface area contributed by atoms with Crippen LogP contribution in [0, 0.1) is 33.8 Å². The maximum absolute atomic E-state index is 12.6. The number of Topliss-reactive ketones (excluding diaryl/α,β-unsaturated/α-hetero) is 1. The predicted octanol–water partition coefficient (Wildman–Crippen LogP) is 3.64. The maximum Gasteiger partial charge on any atom is 0.338 e. The Morgan fingerprint density at radius 1 is 1.29 bits per heavy atom. The van der Waals surface area contributed by atoms with Crippen molar-refractivity contribution >= 4 is 17.4 Å². The molecule has 1 saturated carbocycles. The highest BCUT2D eigenvalue weighted by atomic mass is 16.6. The van der Waals surface area contributed by atoms with Gasteiger partial charge in [-0.05, 0) is 36.8 Å². The number of nitro groups is 1. The Balaban J connectivity index is 1.99. The summed E-state index contributed by atoms with van der Waals surface area (Å²) in [6.07, 6.45) is 1.85. The zero-order valence-electron chi connectivity index (χ0n) is 14.2. The highest BCUT2D eigenvalue weighted by molar-refractivity contribution is 5.90. The largest absolute Gasteiger partial charge is 0.461 e. The van der Waals surface area contributed by atoms with Crippen LogP contribution in [-0.4, -0.2) is 23.3 Å². The number of ether oxygens (including phenoxy) is 1. The van der Waals surface area contributed by atoms with Crippen LogP contribution in [0.3, 0.4) is 0 Å². The summed E-state index contributed by atoms with van der Waals surface area (Å²) in [4.78, 5) is 34.8. The smallest absolute Gasteiger partial charge is 0.338 e. The number of carbonyl (C=O) groups excluding carboxylic acids is 2. The second-order valence-corrected chi connectivity index (χ2v) is 6.82. The Morgan fingerprint density at radius 3 is 2.46 bits per heavy atom. The summed E-state index contributed by atoms with van der Waals surface area (Å²) in [5.41, 5.74) is 0.166. The minimum absolute atomic E-state index is 0.0317. The van der Waals surface area contributed by atoms with Crippen LogP contribution in [0.15, 0.2) is 24.3 Å². The van der Waals surface area contributed by atoms with Crippen LogP contribution < -0.4 is 0 Å². The number of ketones is 1. The van der Waals surface area contributed by atoms with E-state index >= 15 is 0 Å². The van der Waals surface area contributed by atoms with Gasteiger partial charge in [0.15, 0.2) is 0 Å². The SMILES string of the molecule is CC(C)[C@H]1CC[C@H](C)[C@@H](COC(=O)c2ccc([N+](=O)[O-])cc2)C1=O. The van der Waals surface area contributed by atoms with Gasteiger partial charge in [-0.2, -0.15) is 0 Å². The molecule has 6 nitrogen and oxygen atoms in total. The van der Waals surface area contributed by atoms with E-state index in [1.54, 1.807) is 0 Å². The molecule has 24 heavy (non-hydrogen) atoms. The first kappa shape index (κ1) is 18.1. The molecule has 0 heterocycles. The van der Waals surface area contributed by atoms with Crippen molar-refractivity contribution in [2.24, 2.45) is 23.7 Å². The molecule has 0 aliphatic heterocycles. The van der Waals surface area contributed by atoms with Crippen LogP contribution in [0.4, 0.5) is 5.69 Å². The van der Waals surface area contributed by atoms with E-state index in [0.29, 0.717) is 0 Å². The molecule has 0 N–H and O–H groups in total. The lowest BCUT2D eigenvalue weighted by Gasteiger charge is -2.34. The zero-order valence-corrected chi connectivity index (χ0v) is 14.2. The summed E-state index contributed by atoms with van der Waals surface area (Å²) < 4.78 is 5.31. The quantitative estimate of drug-likeness (QED) is 0.466. The summed E-state index contributed by atoms with van der Waals surface area (Å²) in [7, 11) is 0. The fraction of sp³-hybridized carbons (Fsp3) is 0.556. The van der Waals surface area contributed by atoms with Gasteiger partial charge in [0.05, 0.1) is 16.4 Å². The van der Waals surface area contributed by atoms with Crippen molar-refractivity contribution in [1.82, 2.24) is 0 Å². The number of nitro benzene ring substituents is 1. The molecular formula is C18H23NO5. The van der Waals surface area contributed by atoms with E-state index < -0.39 is 10.9 Å². The van der Waals surface area contributed by atoms with Crippen LogP contribution in [0.1, 0.15) is 44.0 Å². The van der Waals surface area contributed by atoms with Crippen molar-refractivity contribution < 1.29 is 19.2 Å². The Hall–Kier alpha value is -2.24. The molecule has 0 bridgehead atoms. The molecule has 6 heteroatoms. The Kier molecular flexibility index (Phi) is 5.70. The predicted molar refractivity (Wildman–Crippen MR) is 88.6 cm³/mol. The first-order valence-electron chi connectivity index (χ1n) is 8.26. The molecule has 2 rings (SSSR count). The van der Waals surface area contributed by atoms with Crippen LogP contribution >= 0.6 is 0 Å². The highest BCUT2D eigenvalue weighted by Crippen LogP contribution is 2.34. The molecule has 0 radical (unpaired) electrons. The van der Waals surface area contributed by atoms with Crippen molar-refractivity contribution in [2.75, 3.05) is 6.61 Å². The van der Waals surface area contributed by atoms with E-state index in [4.69, 9.17) is 4.74 Å². The van der Waals surface area contributed by atoms with Crippen LogP contribution in [0.2, 0.25) is 0 Å². The lowest BCUT2D eigenvalue weighted by Crippen LogP contribution is -2.39. The van der Waals surface area contributed by atoms with Gasteiger partial charge in [-0.1, -0.05) is 20.8 Å². The normalized spacial score (nSPS) is 24.0. The van der Waals surface area contributed by atoms with Gasteiger partial charge >= 0.3 is 5.97 Å². The van der Waals surface area contributed by atoms with Crippen LogP contribution in [0.5, 0.6) is 0 Å². The molecule has 1 aliphatic rings. The van der Waals surface area contributed by atoms with Gasteiger partial charge < -0.3 is 4.74 Å². The van der Waals surface area contributed by atoms with Crippen molar-refractivity contribution in [3.05, 3.63) is 39.9 Å². The van der Waals surface area contributed by atoms with Gasteiger partial charge in [-0.3, -0.25) is 14.9 Å². The van der Waals surface area contributed by atoms with E-state index in [1.165, 1.54) is 24.3 Å². The summed E-state index contributed by atoms with van der Waals surface area (Å²) in [6, 6.07) is 5.26. The average molecular weight is 333 g/mol. The van der Waals surface area contributed by atoms with Gasteiger partial charge in [-0.25, -0.2) is 4.79 Å². The van der Waals surface area contributed by atoms with Crippen molar-refractivity contribution in [1.29, 1.82) is 0 Å². The number of hydrogen-bond donors (Lipinski definition) is 0. The third-order valence-electron chi connectivity index (χ3n) is 4.86. The molecule has 0 unspecified atom stereocenters. The van der Waals surface area contributed by atoms with E-state index in [-0.39, 0.29) is 47.3 Å². The molecule has 0 spiro atoms. The molecule has 1 aliphatic carbocycles. The standard InChI is InChI=1S/C18H23NO5/c1-11(2)15-9-4-12(3)16(17(15)20)10-24-18(21)13-5-7-14(8-6-13)19(22)23/h5-8,11-12,15-16H,4,9-10H2,1-3H3/t12-,15+,16+/m0/s1. The Morgan fingerprint density at radius 2 is 1.92 bits per heavy atom. The lowest BCUT2D eigenvalue weighted by atomic mass is 9.70. The molecule has 1 aromatic rings. The molecular weight excluding hydrogens is 310 g/mol. The molecule has 3 atom stereocenters. The Labute approximate surface area is 141 Å². The van der Waals surface area contributed by atoms with Gasteiger partial charge in [0.2, 0.25) is 0 Å². The van der Waals surface area contributed by atoms with Crippen molar-refractivity contribution in [3.8, 4) is 0 Å². The molecule has 0 amide bonds. The number of benzene rings is 1. The fourth-order valence-electron chi connectivity index (χ4n) is 3.22.